The minimum absolute atomic E-state index is 0.913. The zero-order chi connectivity index (χ0) is 12.1. The Hall–Kier alpha value is -1.89. The lowest BCUT2D eigenvalue weighted by Gasteiger charge is -2.09. The fourth-order valence-electron chi connectivity index (χ4n) is 1.98. The summed E-state index contributed by atoms with van der Waals surface area (Å²) in [4.78, 5) is 4.32. The van der Waals surface area contributed by atoms with E-state index in [-0.39, 0.29) is 0 Å². The van der Waals surface area contributed by atoms with Gasteiger partial charge < -0.3 is 0 Å². The molecule has 1 aliphatic rings. The van der Waals surface area contributed by atoms with Gasteiger partial charge in [-0.1, -0.05) is 43.0 Å². The van der Waals surface area contributed by atoms with Crippen molar-refractivity contribution in [3.63, 3.8) is 0 Å². The molecule has 0 aromatic heterocycles. The molecule has 1 heterocycles. The Bertz CT molecular complexity index is 504. The molecule has 0 fully saturated rings. The molecule has 1 heteroatoms. The van der Waals surface area contributed by atoms with E-state index >= 15 is 0 Å². The van der Waals surface area contributed by atoms with Crippen molar-refractivity contribution >= 4 is 17.4 Å². The number of allylic oxidation sites excluding steroid dienone is 4. The summed E-state index contributed by atoms with van der Waals surface area (Å²) in [6.45, 7) is 6.79. The third kappa shape index (κ3) is 2.62. The lowest BCUT2D eigenvalue weighted by molar-refractivity contribution is 1.01. The summed E-state index contributed by atoms with van der Waals surface area (Å²) in [5.74, 6) is 0. The van der Waals surface area contributed by atoms with Crippen molar-refractivity contribution in [1.29, 1.82) is 0 Å². The predicted molar refractivity (Wildman–Crippen MR) is 76.2 cm³/mol. The van der Waals surface area contributed by atoms with Gasteiger partial charge in [-0.05, 0) is 41.7 Å². The van der Waals surface area contributed by atoms with Crippen LogP contribution in [0.3, 0.4) is 0 Å². The number of hydrogen-bond acceptors (Lipinski definition) is 1. The number of hydrogen-bond donors (Lipinski definition) is 0. The van der Waals surface area contributed by atoms with Crippen LogP contribution in [0.1, 0.15) is 24.5 Å². The van der Waals surface area contributed by atoms with Crippen molar-refractivity contribution in [1.82, 2.24) is 0 Å². The molecular formula is C16H17N. The largest absolute Gasteiger partial charge is 0.292 e. The van der Waals surface area contributed by atoms with Crippen LogP contribution in [0.15, 0.2) is 54.1 Å². The Balaban J connectivity index is 2.38. The van der Waals surface area contributed by atoms with Gasteiger partial charge in [0, 0.05) is 12.8 Å². The van der Waals surface area contributed by atoms with Crippen molar-refractivity contribution in [2.24, 2.45) is 4.99 Å². The highest BCUT2D eigenvalue weighted by Crippen LogP contribution is 2.22. The van der Waals surface area contributed by atoms with Gasteiger partial charge in [0.05, 0.1) is 0 Å². The predicted octanol–water partition coefficient (Wildman–Crippen LogP) is 4.13. The van der Waals surface area contributed by atoms with E-state index in [1.54, 1.807) is 0 Å². The second-order valence-electron chi connectivity index (χ2n) is 4.01. The first-order chi connectivity index (χ1) is 8.35. The molecule has 1 aliphatic heterocycles. The third-order valence-electron chi connectivity index (χ3n) is 2.91. The first kappa shape index (κ1) is 11.6. The quantitative estimate of drug-likeness (QED) is 0.683. The van der Waals surface area contributed by atoms with Crippen LogP contribution >= 0.6 is 0 Å². The van der Waals surface area contributed by atoms with Crippen LogP contribution in [-0.2, 0) is 0 Å². The molecule has 0 saturated carbocycles. The molecule has 0 atom stereocenters. The minimum atomic E-state index is 0.913. The van der Waals surface area contributed by atoms with Gasteiger partial charge >= 0.3 is 0 Å². The summed E-state index contributed by atoms with van der Waals surface area (Å²) in [5, 5.41) is 0. The van der Waals surface area contributed by atoms with Crippen LogP contribution in [0.5, 0.6) is 0 Å². The smallest absolute Gasteiger partial charge is 0.0424 e. The maximum atomic E-state index is 4.32. The molecule has 1 aromatic carbocycles. The standard InChI is InChI=1S/C16H17N/c1-3-13(4-2)14-7-5-8-15(11-14)16-9-6-10-17-12-16/h3-5,7-9,11-12H,1,6,10H2,2H3/b13-4+. The highest BCUT2D eigenvalue weighted by molar-refractivity contribution is 6.10. The van der Waals surface area contributed by atoms with Crippen LogP contribution in [0, 0.1) is 0 Å². The Morgan fingerprint density at radius 3 is 2.94 bits per heavy atom. The average Bonchev–Trinajstić information content (AvgIpc) is 2.42. The van der Waals surface area contributed by atoms with E-state index in [1.165, 1.54) is 22.3 Å². The number of dihydropyridines is 1. The number of aliphatic imine (C=N–C) groups is 1. The average molecular weight is 223 g/mol. The van der Waals surface area contributed by atoms with Crippen LogP contribution in [0.4, 0.5) is 0 Å². The lowest BCUT2D eigenvalue weighted by atomic mass is 9.98. The van der Waals surface area contributed by atoms with E-state index in [9.17, 15) is 0 Å². The number of rotatable bonds is 3. The second-order valence-corrected chi connectivity index (χ2v) is 4.01. The van der Waals surface area contributed by atoms with E-state index in [0.29, 0.717) is 0 Å². The number of nitrogens with zero attached hydrogens (tertiary/aromatic N) is 1. The van der Waals surface area contributed by atoms with Crippen molar-refractivity contribution < 1.29 is 0 Å². The first-order valence-corrected chi connectivity index (χ1v) is 5.94. The molecule has 0 aliphatic carbocycles. The third-order valence-corrected chi connectivity index (χ3v) is 2.91. The van der Waals surface area contributed by atoms with Crippen LogP contribution in [0.2, 0.25) is 0 Å². The van der Waals surface area contributed by atoms with E-state index < -0.39 is 0 Å². The van der Waals surface area contributed by atoms with Gasteiger partial charge in [0.2, 0.25) is 0 Å². The second kappa shape index (κ2) is 5.44. The molecule has 0 saturated heterocycles. The van der Waals surface area contributed by atoms with Gasteiger partial charge in [-0.25, -0.2) is 0 Å². The fourth-order valence-corrected chi connectivity index (χ4v) is 1.98. The molecular weight excluding hydrogens is 206 g/mol. The lowest BCUT2D eigenvalue weighted by Crippen LogP contribution is -1.94. The number of benzene rings is 1. The summed E-state index contributed by atoms with van der Waals surface area (Å²) >= 11 is 0. The Morgan fingerprint density at radius 2 is 2.29 bits per heavy atom. The topological polar surface area (TPSA) is 12.4 Å². The van der Waals surface area contributed by atoms with E-state index in [4.69, 9.17) is 0 Å². The Labute approximate surface area is 103 Å². The molecule has 86 valence electrons. The first-order valence-electron chi connectivity index (χ1n) is 5.94. The van der Waals surface area contributed by atoms with Crippen molar-refractivity contribution in [3.05, 3.63) is 60.2 Å². The monoisotopic (exact) mass is 223 g/mol. The van der Waals surface area contributed by atoms with Gasteiger partial charge in [0.25, 0.3) is 0 Å². The normalized spacial score (nSPS) is 15.6. The molecule has 0 amide bonds. The Morgan fingerprint density at radius 1 is 1.41 bits per heavy atom. The van der Waals surface area contributed by atoms with Crippen LogP contribution in [-0.4, -0.2) is 12.8 Å². The summed E-state index contributed by atoms with van der Waals surface area (Å²) in [7, 11) is 0. The summed E-state index contributed by atoms with van der Waals surface area (Å²) in [6, 6.07) is 8.52. The van der Waals surface area contributed by atoms with E-state index in [1.807, 2.05) is 19.2 Å². The SMILES string of the molecule is C=C/C(=C\C)c1cccc(C2=CCCN=C2)c1. The van der Waals surface area contributed by atoms with Crippen molar-refractivity contribution in [2.75, 3.05) is 6.54 Å². The Kier molecular flexibility index (Phi) is 3.71. The summed E-state index contributed by atoms with van der Waals surface area (Å²) in [5.41, 5.74) is 4.82. The van der Waals surface area contributed by atoms with Crippen LogP contribution in [0.25, 0.3) is 11.1 Å². The van der Waals surface area contributed by atoms with Gasteiger partial charge in [-0.3, -0.25) is 4.99 Å². The molecule has 1 nitrogen and oxygen atoms in total. The molecule has 0 N–H and O–H groups in total. The maximum absolute atomic E-state index is 4.32. The van der Waals surface area contributed by atoms with Gasteiger partial charge in [-0.15, -0.1) is 0 Å². The highest BCUT2D eigenvalue weighted by Gasteiger charge is 2.04. The molecule has 0 radical (unpaired) electrons. The zero-order valence-corrected chi connectivity index (χ0v) is 10.2. The molecule has 2 rings (SSSR count). The van der Waals surface area contributed by atoms with E-state index in [0.717, 1.165) is 13.0 Å². The molecule has 0 unspecified atom stereocenters. The highest BCUT2D eigenvalue weighted by atomic mass is 14.7. The summed E-state index contributed by atoms with van der Waals surface area (Å²) < 4.78 is 0. The van der Waals surface area contributed by atoms with Crippen LogP contribution < -0.4 is 0 Å². The molecule has 0 spiro atoms. The van der Waals surface area contributed by atoms with Gasteiger partial charge in [-0.2, -0.15) is 0 Å². The minimum Gasteiger partial charge on any atom is -0.292 e. The summed E-state index contributed by atoms with van der Waals surface area (Å²) in [6.07, 6.45) is 9.22. The zero-order valence-electron chi connectivity index (χ0n) is 10.2. The maximum Gasteiger partial charge on any atom is 0.0424 e. The van der Waals surface area contributed by atoms with Gasteiger partial charge in [0.15, 0.2) is 0 Å². The van der Waals surface area contributed by atoms with E-state index in [2.05, 4.69) is 48.0 Å². The molecule has 0 bridgehead atoms. The molecule has 1 aromatic rings. The van der Waals surface area contributed by atoms with Gasteiger partial charge in [0.1, 0.15) is 0 Å². The van der Waals surface area contributed by atoms with Crippen molar-refractivity contribution in [2.45, 2.75) is 13.3 Å². The molecule has 17 heavy (non-hydrogen) atoms. The van der Waals surface area contributed by atoms with Crippen molar-refractivity contribution in [3.8, 4) is 0 Å². The fraction of sp³-hybridized carbons (Fsp3) is 0.188.